The fourth-order valence-electron chi connectivity index (χ4n) is 2.97. The van der Waals surface area contributed by atoms with Crippen molar-refractivity contribution in [2.75, 3.05) is 30.0 Å². The third-order valence-electron chi connectivity index (χ3n) is 4.67. The molecule has 0 spiro atoms. The van der Waals surface area contributed by atoms with Gasteiger partial charge in [0.2, 0.25) is 0 Å². The molecule has 1 unspecified atom stereocenters. The molecular weight excluding hydrogens is 259 g/mol. The van der Waals surface area contributed by atoms with E-state index < -0.39 is 0 Å². The summed E-state index contributed by atoms with van der Waals surface area (Å²) in [6.45, 7) is 5.03. The Balaban J connectivity index is 2.43. The highest BCUT2D eigenvalue weighted by molar-refractivity contribution is 7.99. The zero-order chi connectivity index (χ0) is 14.1. The average molecular weight is 282 g/mol. The van der Waals surface area contributed by atoms with Crippen LogP contribution in [0.15, 0.2) is 24.3 Å². The van der Waals surface area contributed by atoms with E-state index in [0.717, 1.165) is 17.9 Å². The predicted molar refractivity (Wildman–Crippen MR) is 82.3 cm³/mol. The fourth-order valence-corrected chi connectivity index (χ4v) is 4.81. The Kier molecular flexibility index (Phi) is 4.11. The fraction of sp³-hybridized carbons (Fsp3) is 0.600. The van der Waals surface area contributed by atoms with E-state index in [4.69, 9.17) is 5.73 Å². The summed E-state index contributed by atoms with van der Waals surface area (Å²) >= 11 is 1.91. The van der Waals surface area contributed by atoms with Crippen molar-refractivity contribution in [2.45, 2.75) is 25.8 Å². The Morgan fingerprint density at radius 3 is 2.63 bits per heavy atom. The number of nitrogens with zero attached hydrogens (tertiary/aromatic N) is 1. The highest BCUT2D eigenvalue weighted by Gasteiger charge is 2.49. The molecule has 4 heteroatoms. The van der Waals surface area contributed by atoms with E-state index in [0.29, 0.717) is 12.2 Å². The van der Waals surface area contributed by atoms with Gasteiger partial charge in [0.25, 0.3) is 0 Å². The van der Waals surface area contributed by atoms with Gasteiger partial charge in [-0.1, -0.05) is 26.0 Å². The molecular formula is C15H23FN2S. The summed E-state index contributed by atoms with van der Waals surface area (Å²) in [5, 5.41) is 0. The SMILES string of the molecule is CN(c1ccccc1F)C1(CN)CSCCC1(C)C. The highest BCUT2D eigenvalue weighted by atomic mass is 32.2. The third kappa shape index (κ3) is 2.36. The van der Waals surface area contributed by atoms with Crippen LogP contribution in [0.3, 0.4) is 0 Å². The number of anilines is 1. The molecule has 2 N–H and O–H groups in total. The topological polar surface area (TPSA) is 29.3 Å². The van der Waals surface area contributed by atoms with Crippen LogP contribution in [0.4, 0.5) is 10.1 Å². The van der Waals surface area contributed by atoms with Gasteiger partial charge >= 0.3 is 0 Å². The van der Waals surface area contributed by atoms with E-state index in [1.165, 1.54) is 6.07 Å². The molecule has 1 fully saturated rings. The second kappa shape index (κ2) is 5.33. The summed E-state index contributed by atoms with van der Waals surface area (Å²) in [5.74, 6) is 1.92. The van der Waals surface area contributed by atoms with E-state index in [9.17, 15) is 4.39 Å². The number of benzene rings is 1. The minimum absolute atomic E-state index is 0.0734. The summed E-state index contributed by atoms with van der Waals surface area (Å²) < 4.78 is 14.1. The van der Waals surface area contributed by atoms with Crippen LogP contribution in [-0.2, 0) is 0 Å². The van der Waals surface area contributed by atoms with Gasteiger partial charge in [-0.05, 0) is 29.7 Å². The number of likely N-dealkylation sites (N-methyl/N-ethyl adjacent to an activating group) is 1. The van der Waals surface area contributed by atoms with Crippen LogP contribution in [0.5, 0.6) is 0 Å². The van der Waals surface area contributed by atoms with E-state index in [-0.39, 0.29) is 16.8 Å². The smallest absolute Gasteiger partial charge is 0.146 e. The van der Waals surface area contributed by atoms with Crippen molar-refractivity contribution < 1.29 is 4.39 Å². The normalized spacial score (nSPS) is 26.2. The number of halogens is 1. The molecule has 1 aliphatic heterocycles. The minimum Gasteiger partial charge on any atom is -0.364 e. The van der Waals surface area contributed by atoms with E-state index >= 15 is 0 Å². The maximum Gasteiger partial charge on any atom is 0.146 e. The van der Waals surface area contributed by atoms with Crippen molar-refractivity contribution in [3.63, 3.8) is 0 Å². The molecule has 0 amide bonds. The summed E-state index contributed by atoms with van der Waals surface area (Å²) in [4.78, 5) is 2.06. The van der Waals surface area contributed by atoms with E-state index in [1.54, 1.807) is 6.07 Å². The van der Waals surface area contributed by atoms with Crippen molar-refractivity contribution in [2.24, 2.45) is 11.1 Å². The summed E-state index contributed by atoms with van der Waals surface area (Å²) in [6, 6.07) is 6.95. The molecule has 0 radical (unpaired) electrons. The average Bonchev–Trinajstić information content (AvgIpc) is 2.38. The van der Waals surface area contributed by atoms with Crippen molar-refractivity contribution in [1.29, 1.82) is 0 Å². The zero-order valence-corrected chi connectivity index (χ0v) is 12.8. The van der Waals surface area contributed by atoms with Crippen LogP contribution in [0, 0.1) is 11.2 Å². The van der Waals surface area contributed by atoms with E-state index in [2.05, 4.69) is 18.7 Å². The molecule has 2 nitrogen and oxygen atoms in total. The molecule has 1 heterocycles. The monoisotopic (exact) mass is 282 g/mol. The highest BCUT2D eigenvalue weighted by Crippen LogP contribution is 2.46. The second-order valence-corrected chi connectivity index (χ2v) is 7.04. The van der Waals surface area contributed by atoms with Gasteiger partial charge in [-0.15, -0.1) is 0 Å². The Morgan fingerprint density at radius 2 is 2.05 bits per heavy atom. The Labute approximate surface area is 119 Å². The first-order valence-electron chi connectivity index (χ1n) is 6.71. The number of hydrogen-bond acceptors (Lipinski definition) is 3. The van der Waals surface area contributed by atoms with Gasteiger partial charge in [-0.25, -0.2) is 4.39 Å². The lowest BCUT2D eigenvalue weighted by atomic mass is 9.69. The van der Waals surface area contributed by atoms with Crippen molar-refractivity contribution in [3.8, 4) is 0 Å². The Bertz CT molecular complexity index is 450. The molecule has 0 bridgehead atoms. The van der Waals surface area contributed by atoms with Gasteiger partial charge in [0, 0.05) is 19.3 Å². The third-order valence-corrected chi connectivity index (χ3v) is 5.84. The van der Waals surface area contributed by atoms with Crippen LogP contribution in [0.25, 0.3) is 0 Å². The van der Waals surface area contributed by atoms with Gasteiger partial charge in [-0.3, -0.25) is 0 Å². The lowest BCUT2D eigenvalue weighted by Gasteiger charge is -2.55. The van der Waals surface area contributed by atoms with Crippen LogP contribution in [0.1, 0.15) is 20.3 Å². The molecule has 1 atom stereocenters. The molecule has 1 saturated heterocycles. The van der Waals surface area contributed by atoms with Crippen LogP contribution in [0.2, 0.25) is 0 Å². The largest absolute Gasteiger partial charge is 0.364 e. The number of hydrogen-bond donors (Lipinski definition) is 1. The van der Waals surface area contributed by atoms with Gasteiger partial charge in [0.05, 0.1) is 11.2 Å². The van der Waals surface area contributed by atoms with Gasteiger partial charge in [0.1, 0.15) is 5.82 Å². The Hall–Kier alpha value is -0.740. The zero-order valence-electron chi connectivity index (χ0n) is 11.9. The first-order valence-corrected chi connectivity index (χ1v) is 7.86. The molecule has 1 aromatic rings. The number of rotatable bonds is 3. The molecule has 106 valence electrons. The molecule has 0 aliphatic carbocycles. The maximum atomic E-state index is 14.1. The summed E-state index contributed by atoms with van der Waals surface area (Å²) in [7, 11) is 1.97. The van der Waals surface area contributed by atoms with Crippen molar-refractivity contribution in [1.82, 2.24) is 0 Å². The molecule has 1 aliphatic rings. The van der Waals surface area contributed by atoms with Crippen LogP contribution in [-0.4, -0.2) is 30.6 Å². The first-order chi connectivity index (χ1) is 8.94. The standard InChI is InChI=1S/C15H23FN2S/c1-14(2)8-9-19-11-15(14,10-17)18(3)13-7-5-4-6-12(13)16/h4-7H,8-11,17H2,1-3H3. The van der Waals surface area contributed by atoms with Crippen molar-refractivity contribution in [3.05, 3.63) is 30.1 Å². The number of thioether (sulfide) groups is 1. The number of para-hydroxylation sites is 1. The Morgan fingerprint density at radius 1 is 1.37 bits per heavy atom. The summed E-state index contributed by atoms with van der Waals surface area (Å²) in [5.41, 5.74) is 6.64. The lowest BCUT2D eigenvalue weighted by Crippen LogP contribution is -2.65. The summed E-state index contributed by atoms with van der Waals surface area (Å²) in [6.07, 6.45) is 1.10. The van der Waals surface area contributed by atoms with E-state index in [1.807, 2.05) is 30.9 Å². The maximum absolute atomic E-state index is 14.1. The van der Waals surface area contributed by atoms with Crippen LogP contribution >= 0.6 is 11.8 Å². The second-order valence-electron chi connectivity index (χ2n) is 5.93. The van der Waals surface area contributed by atoms with Crippen LogP contribution < -0.4 is 10.6 Å². The lowest BCUT2D eigenvalue weighted by molar-refractivity contribution is 0.174. The molecule has 0 aromatic heterocycles. The minimum atomic E-state index is -0.196. The molecule has 0 saturated carbocycles. The molecule has 2 rings (SSSR count). The van der Waals surface area contributed by atoms with Crippen molar-refractivity contribution >= 4 is 17.4 Å². The predicted octanol–water partition coefficient (Wildman–Crippen LogP) is 3.12. The first kappa shape index (κ1) is 14.7. The number of nitrogens with two attached hydrogens (primary N) is 1. The van der Waals surface area contributed by atoms with Gasteiger partial charge in [0.15, 0.2) is 0 Å². The molecule has 19 heavy (non-hydrogen) atoms. The van der Waals surface area contributed by atoms with Gasteiger partial charge in [-0.2, -0.15) is 11.8 Å². The molecule has 1 aromatic carbocycles. The van der Waals surface area contributed by atoms with Gasteiger partial charge < -0.3 is 10.6 Å². The quantitative estimate of drug-likeness (QED) is 0.923.